The molecule has 0 aliphatic rings. The van der Waals surface area contributed by atoms with Crippen LogP contribution in [0.3, 0.4) is 0 Å². The van der Waals surface area contributed by atoms with E-state index in [9.17, 15) is 9.18 Å². The molecule has 0 aliphatic heterocycles. The summed E-state index contributed by atoms with van der Waals surface area (Å²) < 4.78 is 13.4. The number of carbonyl (C=O) groups excluding carboxylic acids is 1. The van der Waals surface area contributed by atoms with Crippen LogP contribution in [-0.4, -0.2) is 5.78 Å². The van der Waals surface area contributed by atoms with E-state index in [4.69, 9.17) is 11.6 Å². The third-order valence-electron chi connectivity index (χ3n) is 3.43. The second-order valence-electron chi connectivity index (χ2n) is 5.08. The molecule has 0 unspecified atom stereocenters. The van der Waals surface area contributed by atoms with Crippen molar-refractivity contribution in [2.45, 2.75) is 27.2 Å². The zero-order valence-corrected chi connectivity index (χ0v) is 12.5. The van der Waals surface area contributed by atoms with Gasteiger partial charge in [0.2, 0.25) is 0 Å². The zero-order chi connectivity index (χ0) is 14.9. The van der Waals surface area contributed by atoms with E-state index in [0.29, 0.717) is 0 Å². The predicted octanol–water partition coefficient (Wildman–Crippen LogP) is 4.83. The summed E-state index contributed by atoms with van der Waals surface area (Å²) in [4.78, 5) is 12.3. The Bertz CT molecular complexity index is 654. The SMILES string of the molecule is Cc1cc(C)c(CC(=O)c2cccc(F)c2Cl)c(C)c1. The van der Waals surface area contributed by atoms with Gasteiger partial charge in [-0.15, -0.1) is 0 Å². The lowest BCUT2D eigenvalue weighted by Gasteiger charge is -2.11. The van der Waals surface area contributed by atoms with E-state index in [1.165, 1.54) is 17.7 Å². The lowest BCUT2D eigenvalue weighted by Crippen LogP contribution is -2.08. The molecule has 0 radical (unpaired) electrons. The fourth-order valence-electron chi connectivity index (χ4n) is 2.46. The number of aryl methyl sites for hydroxylation is 3. The van der Waals surface area contributed by atoms with Gasteiger partial charge in [-0.2, -0.15) is 0 Å². The lowest BCUT2D eigenvalue weighted by atomic mass is 9.94. The van der Waals surface area contributed by atoms with Crippen molar-refractivity contribution in [1.82, 2.24) is 0 Å². The van der Waals surface area contributed by atoms with E-state index in [1.807, 2.05) is 32.9 Å². The number of hydrogen-bond donors (Lipinski definition) is 0. The normalized spacial score (nSPS) is 10.7. The molecule has 0 aromatic heterocycles. The average Bonchev–Trinajstić information content (AvgIpc) is 2.36. The minimum atomic E-state index is -0.560. The molecule has 0 saturated heterocycles. The molecule has 0 aliphatic carbocycles. The summed E-state index contributed by atoms with van der Waals surface area (Å²) in [5, 5.41) is -0.0973. The molecule has 20 heavy (non-hydrogen) atoms. The second kappa shape index (κ2) is 5.76. The third-order valence-corrected chi connectivity index (χ3v) is 3.81. The first-order chi connectivity index (χ1) is 9.40. The fraction of sp³-hybridized carbons (Fsp3) is 0.235. The van der Waals surface area contributed by atoms with Crippen LogP contribution in [0, 0.1) is 26.6 Å². The molecule has 0 saturated carbocycles. The van der Waals surface area contributed by atoms with Gasteiger partial charge in [0, 0.05) is 12.0 Å². The summed E-state index contributed by atoms with van der Waals surface area (Å²) >= 11 is 5.86. The van der Waals surface area contributed by atoms with E-state index in [2.05, 4.69) is 0 Å². The Morgan fingerprint density at radius 1 is 1.15 bits per heavy atom. The topological polar surface area (TPSA) is 17.1 Å². The smallest absolute Gasteiger partial charge is 0.168 e. The largest absolute Gasteiger partial charge is 0.294 e. The first kappa shape index (κ1) is 14.7. The van der Waals surface area contributed by atoms with Crippen molar-refractivity contribution in [1.29, 1.82) is 0 Å². The lowest BCUT2D eigenvalue weighted by molar-refractivity contribution is 0.0992. The van der Waals surface area contributed by atoms with Crippen LogP contribution in [0.15, 0.2) is 30.3 Å². The molecule has 104 valence electrons. The number of benzene rings is 2. The molecule has 0 spiro atoms. The Labute approximate surface area is 123 Å². The molecule has 0 fully saturated rings. The van der Waals surface area contributed by atoms with Gasteiger partial charge in [-0.05, 0) is 49.6 Å². The van der Waals surface area contributed by atoms with Crippen molar-refractivity contribution in [2.24, 2.45) is 0 Å². The van der Waals surface area contributed by atoms with Crippen molar-refractivity contribution < 1.29 is 9.18 Å². The first-order valence-electron chi connectivity index (χ1n) is 6.44. The quantitative estimate of drug-likeness (QED) is 0.740. The highest BCUT2D eigenvalue weighted by molar-refractivity contribution is 6.34. The monoisotopic (exact) mass is 290 g/mol. The average molecular weight is 291 g/mol. The van der Waals surface area contributed by atoms with Crippen LogP contribution in [0.5, 0.6) is 0 Å². The van der Waals surface area contributed by atoms with Crippen LogP contribution >= 0.6 is 11.6 Å². The van der Waals surface area contributed by atoms with Crippen LogP contribution in [0.25, 0.3) is 0 Å². The molecule has 0 heterocycles. The summed E-state index contributed by atoms with van der Waals surface area (Å²) in [6, 6.07) is 8.41. The molecule has 2 rings (SSSR count). The first-order valence-corrected chi connectivity index (χ1v) is 6.82. The maximum atomic E-state index is 13.4. The number of halogens is 2. The van der Waals surface area contributed by atoms with Crippen molar-refractivity contribution in [3.05, 3.63) is 69.0 Å². The highest BCUT2D eigenvalue weighted by atomic mass is 35.5. The van der Waals surface area contributed by atoms with Gasteiger partial charge in [0.25, 0.3) is 0 Å². The summed E-state index contributed by atoms with van der Waals surface area (Å²) in [6.07, 6.45) is 0.237. The minimum Gasteiger partial charge on any atom is -0.294 e. The maximum Gasteiger partial charge on any atom is 0.168 e. The van der Waals surface area contributed by atoms with Gasteiger partial charge >= 0.3 is 0 Å². The highest BCUT2D eigenvalue weighted by Crippen LogP contribution is 2.23. The van der Waals surface area contributed by atoms with Gasteiger partial charge in [0.15, 0.2) is 5.78 Å². The van der Waals surface area contributed by atoms with Gasteiger partial charge < -0.3 is 0 Å². The van der Waals surface area contributed by atoms with Gasteiger partial charge in [0.1, 0.15) is 5.82 Å². The number of rotatable bonds is 3. The fourth-order valence-corrected chi connectivity index (χ4v) is 2.70. The molecule has 0 amide bonds. The Balaban J connectivity index is 2.36. The molecule has 0 atom stereocenters. The summed E-state index contributed by atoms with van der Waals surface area (Å²) in [5.41, 5.74) is 4.54. The van der Waals surface area contributed by atoms with Crippen LogP contribution in [0.1, 0.15) is 32.6 Å². The third kappa shape index (κ3) is 2.91. The summed E-state index contributed by atoms with van der Waals surface area (Å²) in [7, 11) is 0. The van der Waals surface area contributed by atoms with Gasteiger partial charge in [0.05, 0.1) is 5.02 Å². The van der Waals surface area contributed by atoms with Crippen LogP contribution in [-0.2, 0) is 6.42 Å². The molecule has 0 N–H and O–H groups in total. The molecule has 2 aromatic rings. The Morgan fingerprint density at radius 2 is 1.75 bits per heavy atom. The number of ketones is 1. The maximum absolute atomic E-state index is 13.4. The molecular weight excluding hydrogens is 275 g/mol. The van der Waals surface area contributed by atoms with Crippen LogP contribution in [0.4, 0.5) is 4.39 Å². The van der Waals surface area contributed by atoms with E-state index >= 15 is 0 Å². The van der Waals surface area contributed by atoms with Crippen LogP contribution < -0.4 is 0 Å². The second-order valence-corrected chi connectivity index (χ2v) is 5.46. The van der Waals surface area contributed by atoms with E-state index in [1.54, 1.807) is 6.07 Å². The van der Waals surface area contributed by atoms with Gasteiger partial charge in [-0.3, -0.25) is 4.79 Å². The predicted molar refractivity (Wildman–Crippen MR) is 80.1 cm³/mol. The molecule has 1 nitrogen and oxygen atoms in total. The van der Waals surface area contributed by atoms with E-state index < -0.39 is 5.82 Å². The Hall–Kier alpha value is -1.67. The van der Waals surface area contributed by atoms with Gasteiger partial charge in [-0.25, -0.2) is 4.39 Å². The van der Waals surface area contributed by atoms with E-state index in [-0.39, 0.29) is 22.8 Å². The number of Topliss-reactive ketones (excluding diaryl/α,β-unsaturated/α-hetero) is 1. The standard InChI is InChI=1S/C17H16ClFO/c1-10-7-11(2)14(12(3)8-10)9-16(20)13-5-4-6-15(19)17(13)18/h4-8H,9H2,1-3H3. The summed E-state index contributed by atoms with van der Waals surface area (Å²) in [5.74, 6) is -0.723. The number of carbonyl (C=O) groups is 1. The van der Waals surface area contributed by atoms with Crippen molar-refractivity contribution in [2.75, 3.05) is 0 Å². The highest BCUT2D eigenvalue weighted by Gasteiger charge is 2.16. The molecule has 0 bridgehead atoms. The zero-order valence-electron chi connectivity index (χ0n) is 11.8. The summed E-state index contributed by atoms with van der Waals surface area (Å²) in [6.45, 7) is 5.99. The van der Waals surface area contributed by atoms with Crippen molar-refractivity contribution >= 4 is 17.4 Å². The molecule has 2 aromatic carbocycles. The molecule has 3 heteroatoms. The van der Waals surface area contributed by atoms with Gasteiger partial charge in [-0.1, -0.05) is 35.4 Å². The van der Waals surface area contributed by atoms with Crippen molar-refractivity contribution in [3.8, 4) is 0 Å². The Morgan fingerprint density at radius 3 is 2.35 bits per heavy atom. The van der Waals surface area contributed by atoms with E-state index in [0.717, 1.165) is 16.7 Å². The van der Waals surface area contributed by atoms with Crippen molar-refractivity contribution in [3.63, 3.8) is 0 Å². The minimum absolute atomic E-state index is 0.0973. The molecular formula is C17H16ClFO. The van der Waals surface area contributed by atoms with Crippen LogP contribution in [0.2, 0.25) is 5.02 Å². The Kier molecular flexibility index (Phi) is 4.24. The number of hydrogen-bond acceptors (Lipinski definition) is 1.